The molecule has 1 atom stereocenters. The van der Waals surface area contributed by atoms with E-state index in [9.17, 15) is 0 Å². The third-order valence-corrected chi connectivity index (χ3v) is 1.41. The zero-order valence-corrected chi connectivity index (χ0v) is 5.81. The standard InChI is InChI=1S/C7H14O/c1-4-6(3)7(8)5-2/h5-6,8H,4H2,1-3H3/b7-5-. The highest BCUT2D eigenvalue weighted by molar-refractivity contribution is 4.91. The van der Waals surface area contributed by atoms with Crippen LogP contribution in [0.5, 0.6) is 0 Å². The van der Waals surface area contributed by atoms with Crippen LogP contribution in [0.2, 0.25) is 0 Å². The summed E-state index contributed by atoms with van der Waals surface area (Å²) in [5.74, 6) is 0.840. The van der Waals surface area contributed by atoms with E-state index < -0.39 is 0 Å². The summed E-state index contributed by atoms with van der Waals surface area (Å²) in [7, 11) is 0. The second-order valence-corrected chi connectivity index (χ2v) is 2.02. The van der Waals surface area contributed by atoms with Crippen LogP contribution in [-0.4, -0.2) is 5.11 Å². The Morgan fingerprint density at radius 1 is 1.75 bits per heavy atom. The van der Waals surface area contributed by atoms with Crippen LogP contribution in [0.4, 0.5) is 0 Å². The van der Waals surface area contributed by atoms with Gasteiger partial charge in [-0.2, -0.15) is 0 Å². The number of rotatable bonds is 2. The summed E-state index contributed by atoms with van der Waals surface area (Å²) >= 11 is 0. The lowest BCUT2D eigenvalue weighted by Gasteiger charge is -2.04. The Hall–Kier alpha value is -0.460. The maximum absolute atomic E-state index is 8.99. The zero-order chi connectivity index (χ0) is 6.57. The summed E-state index contributed by atoms with van der Waals surface area (Å²) in [5.41, 5.74) is 0. The van der Waals surface area contributed by atoms with Gasteiger partial charge in [0.05, 0.1) is 5.76 Å². The van der Waals surface area contributed by atoms with Crippen molar-refractivity contribution in [2.24, 2.45) is 5.92 Å². The SMILES string of the molecule is C/C=C(\O)C(C)CC. The number of allylic oxidation sites excluding steroid dienone is 2. The van der Waals surface area contributed by atoms with Crippen LogP contribution in [0.3, 0.4) is 0 Å². The molecule has 0 aromatic heterocycles. The molecule has 0 aliphatic heterocycles. The molecule has 0 amide bonds. The first-order valence-corrected chi connectivity index (χ1v) is 3.07. The highest BCUT2D eigenvalue weighted by Gasteiger charge is 2.00. The lowest BCUT2D eigenvalue weighted by Crippen LogP contribution is -1.94. The molecule has 1 unspecified atom stereocenters. The molecule has 0 aromatic rings. The molecule has 0 aliphatic rings. The molecule has 0 aliphatic carbocycles. The molecule has 0 aromatic carbocycles. The van der Waals surface area contributed by atoms with Crippen LogP contribution in [-0.2, 0) is 0 Å². The summed E-state index contributed by atoms with van der Waals surface area (Å²) in [6.07, 6.45) is 2.75. The van der Waals surface area contributed by atoms with E-state index in [1.165, 1.54) is 0 Å². The molecular weight excluding hydrogens is 100 g/mol. The van der Waals surface area contributed by atoms with Crippen molar-refractivity contribution in [3.8, 4) is 0 Å². The van der Waals surface area contributed by atoms with Gasteiger partial charge in [0.2, 0.25) is 0 Å². The lowest BCUT2D eigenvalue weighted by atomic mass is 10.1. The monoisotopic (exact) mass is 114 g/mol. The Labute approximate surface area is 51.0 Å². The molecule has 0 bridgehead atoms. The maximum Gasteiger partial charge on any atom is 0.0908 e. The fraction of sp³-hybridized carbons (Fsp3) is 0.714. The predicted octanol–water partition coefficient (Wildman–Crippen LogP) is 2.49. The van der Waals surface area contributed by atoms with E-state index in [1.54, 1.807) is 6.08 Å². The van der Waals surface area contributed by atoms with Gasteiger partial charge < -0.3 is 5.11 Å². The Kier molecular flexibility index (Phi) is 3.33. The van der Waals surface area contributed by atoms with E-state index in [-0.39, 0.29) is 0 Å². The van der Waals surface area contributed by atoms with Gasteiger partial charge in [0, 0.05) is 5.92 Å². The van der Waals surface area contributed by atoms with Gasteiger partial charge in [0.15, 0.2) is 0 Å². The van der Waals surface area contributed by atoms with E-state index in [2.05, 4.69) is 6.92 Å². The van der Waals surface area contributed by atoms with Gasteiger partial charge in [0.1, 0.15) is 0 Å². The van der Waals surface area contributed by atoms with Crippen molar-refractivity contribution < 1.29 is 5.11 Å². The van der Waals surface area contributed by atoms with Gasteiger partial charge in [-0.15, -0.1) is 0 Å². The summed E-state index contributed by atoms with van der Waals surface area (Å²) < 4.78 is 0. The summed E-state index contributed by atoms with van der Waals surface area (Å²) in [6, 6.07) is 0. The second kappa shape index (κ2) is 3.53. The lowest BCUT2D eigenvalue weighted by molar-refractivity contribution is 0.335. The minimum atomic E-state index is 0.333. The number of hydrogen-bond donors (Lipinski definition) is 1. The molecule has 1 nitrogen and oxygen atoms in total. The molecule has 0 rings (SSSR count). The van der Waals surface area contributed by atoms with Crippen LogP contribution in [0.1, 0.15) is 27.2 Å². The largest absolute Gasteiger partial charge is 0.512 e. The minimum absolute atomic E-state index is 0.333. The quantitative estimate of drug-likeness (QED) is 0.547. The molecule has 0 saturated heterocycles. The fourth-order valence-corrected chi connectivity index (χ4v) is 0.494. The van der Waals surface area contributed by atoms with Gasteiger partial charge in [-0.3, -0.25) is 0 Å². The highest BCUT2D eigenvalue weighted by atomic mass is 16.3. The van der Waals surface area contributed by atoms with E-state index >= 15 is 0 Å². The molecule has 0 fully saturated rings. The average Bonchev–Trinajstić information content (AvgIpc) is 1.84. The summed E-state index contributed by atoms with van der Waals surface area (Å²) in [4.78, 5) is 0. The predicted molar refractivity (Wildman–Crippen MR) is 35.8 cm³/mol. The van der Waals surface area contributed by atoms with Crippen molar-refractivity contribution in [3.05, 3.63) is 11.8 Å². The topological polar surface area (TPSA) is 20.2 Å². The Balaban J connectivity index is 3.63. The van der Waals surface area contributed by atoms with Crippen molar-refractivity contribution in [2.45, 2.75) is 27.2 Å². The Morgan fingerprint density at radius 3 is 2.38 bits per heavy atom. The third kappa shape index (κ3) is 2.01. The molecule has 0 heterocycles. The smallest absolute Gasteiger partial charge is 0.0908 e. The minimum Gasteiger partial charge on any atom is -0.512 e. The molecule has 0 saturated carbocycles. The van der Waals surface area contributed by atoms with Gasteiger partial charge in [0.25, 0.3) is 0 Å². The summed E-state index contributed by atoms with van der Waals surface area (Å²) in [6.45, 7) is 5.92. The van der Waals surface area contributed by atoms with E-state index in [0.29, 0.717) is 11.7 Å². The van der Waals surface area contributed by atoms with Crippen LogP contribution in [0.15, 0.2) is 11.8 Å². The van der Waals surface area contributed by atoms with E-state index in [0.717, 1.165) is 6.42 Å². The van der Waals surface area contributed by atoms with Crippen LogP contribution in [0, 0.1) is 5.92 Å². The maximum atomic E-state index is 8.99. The Morgan fingerprint density at radius 2 is 2.25 bits per heavy atom. The highest BCUT2D eigenvalue weighted by Crippen LogP contribution is 2.09. The van der Waals surface area contributed by atoms with Crippen LogP contribution >= 0.6 is 0 Å². The average molecular weight is 114 g/mol. The van der Waals surface area contributed by atoms with Crippen molar-refractivity contribution in [2.75, 3.05) is 0 Å². The molecule has 48 valence electrons. The van der Waals surface area contributed by atoms with E-state index in [4.69, 9.17) is 5.11 Å². The molecule has 0 spiro atoms. The zero-order valence-electron chi connectivity index (χ0n) is 5.81. The van der Waals surface area contributed by atoms with Gasteiger partial charge >= 0.3 is 0 Å². The van der Waals surface area contributed by atoms with Gasteiger partial charge in [-0.05, 0) is 19.4 Å². The number of aliphatic hydroxyl groups excluding tert-OH is 1. The first kappa shape index (κ1) is 7.54. The van der Waals surface area contributed by atoms with Gasteiger partial charge in [-0.25, -0.2) is 0 Å². The second-order valence-electron chi connectivity index (χ2n) is 2.02. The van der Waals surface area contributed by atoms with Crippen molar-refractivity contribution >= 4 is 0 Å². The third-order valence-electron chi connectivity index (χ3n) is 1.41. The van der Waals surface area contributed by atoms with Crippen LogP contribution in [0.25, 0.3) is 0 Å². The van der Waals surface area contributed by atoms with Crippen LogP contribution < -0.4 is 0 Å². The van der Waals surface area contributed by atoms with E-state index in [1.807, 2.05) is 13.8 Å². The van der Waals surface area contributed by atoms with Gasteiger partial charge in [-0.1, -0.05) is 13.8 Å². The molecule has 8 heavy (non-hydrogen) atoms. The Bertz CT molecular complexity index is 84.4. The van der Waals surface area contributed by atoms with Crippen molar-refractivity contribution in [1.82, 2.24) is 0 Å². The molecule has 1 heteroatoms. The first-order valence-electron chi connectivity index (χ1n) is 3.07. The molecule has 1 N–H and O–H groups in total. The fourth-order valence-electron chi connectivity index (χ4n) is 0.494. The van der Waals surface area contributed by atoms with Crippen molar-refractivity contribution in [1.29, 1.82) is 0 Å². The number of aliphatic hydroxyl groups is 1. The number of hydrogen-bond acceptors (Lipinski definition) is 1. The molecule has 0 radical (unpaired) electrons. The molecular formula is C7H14O. The summed E-state index contributed by atoms with van der Waals surface area (Å²) in [5, 5.41) is 8.99. The normalized spacial score (nSPS) is 16.1. The first-order chi connectivity index (χ1) is 3.72. The van der Waals surface area contributed by atoms with Crippen molar-refractivity contribution in [3.63, 3.8) is 0 Å².